The normalized spacial score (nSPS) is 12.1. The maximum atomic E-state index is 13.6. The van der Waals surface area contributed by atoms with Gasteiger partial charge < -0.3 is 9.97 Å². The van der Waals surface area contributed by atoms with E-state index in [0.717, 1.165) is 27.5 Å². The van der Waals surface area contributed by atoms with E-state index in [-0.39, 0.29) is 65.9 Å². The largest absolute Gasteiger partial charge is 1.00 e. The van der Waals surface area contributed by atoms with E-state index in [1.54, 1.807) is 6.07 Å². The van der Waals surface area contributed by atoms with Gasteiger partial charge in [-0.15, -0.1) is 10.2 Å². The van der Waals surface area contributed by atoms with Gasteiger partial charge in [0, 0.05) is 49.4 Å². The summed E-state index contributed by atoms with van der Waals surface area (Å²) < 4.78 is 27.2. The van der Waals surface area contributed by atoms with Crippen molar-refractivity contribution < 1.29 is 25.5 Å². The number of hydrogen-bond acceptors (Lipinski definition) is 11. The molecule has 0 unspecified atom stereocenters. The van der Waals surface area contributed by atoms with Crippen LogP contribution in [-0.4, -0.2) is 63.7 Å². The fraction of sp³-hybridized carbons (Fsp3) is 0. The fourth-order valence-electron chi connectivity index (χ4n) is 6.65. The molecule has 8 bridgehead atoms. The molecule has 53 heavy (non-hydrogen) atoms. The van der Waals surface area contributed by atoms with Crippen molar-refractivity contribution in [1.29, 1.82) is 0 Å². The number of aromatic amines is 2. The number of halogens is 2. The second kappa shape index (κ2) is 12.2. The number of rotatable bonds is 2. The van der Waals surface area contributed by atoms with Crippen molar-refractivity contribution in [2.45, 2.75) is 4.90 Å². The maximum absolute atomic E-state index is 13.6. The molecule has 8 aromatic rings. The van der Waals surface area contributed by atoms with E-state index in [2.05, 4.69) is 25.4 Å². The number of nitrogens with zero attached hydrogens (tertiary/aromatic N) is 9. The van der Waals surface area contributed by atoms with E-state index in [4.69, 9.17) is 58.2 Å². The molecule has 4 N–H and O–H groups in total. The Morgan fingerprint density at radius 3 is 1.49 bits per heavy atom. The van der Waals surface area contributed by atoms with Crippen LogP contribution < -0.4 is 5.14 Å². The van der Waals surface area contributed by atoms with E-state index < -0.39 is 10.0 Å². The van der Waals surface area contributed by atoms with Crippen LogP contribution in [0.15, 0.2) is 89.8 Å². The summed E-state index contributed by atoms with van der Waals surface area (Å²) in [7, 11) is -4.51. The molecule has 4 aromatic heterocycles. The van der Waals surface area contributed by atoms with Gasteiger partial charge in [-0.25, -0.2) is 43.5 Å². The minimum Gasteiger partial charge on any atom is -0.324 e. The summed E-state index contributed by atoms with van der Waals surface area (Å²) in [5.74, 6) is 1.43. The van der Waals surface area contributed by atoms with Gasteiger partial charge in [0.05, 0.1) is 0 Å². The monoisotopic (exact) mass is 803 g/mol. The molecule has 18 heteroatoms. The van der Waals surface area contributed by atoms with Gasteiger partial charge in [-0.1, -0.05) is 102 Å². The van der Waals surface area contributed by atoms with Crippen molar-refractivity contribution >= 4 is 77.4 Å². The first-order valence-electron chi connectivity index (χ1n) is 15.6. The molecule has 10 rings (SSSR count). The number of benzene rings is 4. The molecule has 14 nitrogen and oxygen atoms in total. The molecular weight excluding hydrogens is 787 g/mol. The smallest absolute Gasteiger partial charge is 0.324 e. The van der Waals surface area contributed by atoms with Gasteiger partial charge in [0.25, 0.3) is 0 Å². The molecule has 4 aromatic carbocycles. The first-order valence-corrected chi connectivity index (χ1v) is 17.9. The molecule has 0 aliphatic carbocycles. The zero-order chi connectivity index (χ0) is 35.3. The standard InChI is InChI=1S/C35H18Cl2N12O2S.Cu/c36-24-25(47-49-48-27(24)37)22-14-13-21-23(26(22)52(38,50)51)35-45-33-20-12-6-5-11-19(20)31(43-33)41-29-16-8-2-1-7-15(16)28(39-29)40-30-17-9-3-4-10-18(17)32(42-30)44-34(21)46-35;/h1-14H,(H2,38,50,51)(H2,39,40,41,42,43,44,45,46);/q;+1. The second-order valence-corrected chi connectivity index (χ2v) is 14.1. The van der Waals surface area contributed by atoms with Crippen LogP contribution in [0.25, 0.3) is 101 Å². The summed E-state index contributed by atoms with van der Waals surface area (Å²) in [6, 6.07) is 26.0. The molecular formula is C35H18Cl2CuN12O2S+. The van der Waals surface area contributed by atoms with Crippen molar-refractivity contribution in [3.05, 3.63) is 95.1 Å². The Kier molecular flexibility index (Phi) is 7.60. The summed E-state index contributed by atoms with van der Waals surface area (Å²) in [6.45, 7) is 0. The minimum atomic E-state index is -4.51. The Balaban J connectivity index is 0.00000372. The quantitative estimate of drug-likeness (QED) is 0.157. The molecule has 0 radical (unpaired) electrons. The molecule has 2 aliphatic rings. The summed E-state index contributed by atoms with van der Waals surface area (Å²) in [4.78, 5) is 35.9. The van der Waals surface area contributed by atoms with Gasteiger partial charge in [-0.2, -0.15) is 0 Å². The van der Waals surface area contributed by atoms with E-state index in [0.29, 0.717) is 39.7 Å². The van der Waals surface area contributed by atoms with Crippen LogP contribution in [-0.2, 0) is 27.1 Å². The van der Waals surface area contributed by atoms with E-state index >= 15 is 0 Å². The Morgan fingerprint density at radius 2 is 0.981 bits per heavy atom. The van der Waals surface area contributed by atoms with Crippen LogP contribution in [0.1, 0.15) is 0 Å². The summed E-state index contributed by atoms with van der Waals surface area (Å²) >= 11 is 12.7. The molecule has 0 fully saturated rings. The Morgan fingerprint density at radius 1 is 0.528 bits per heavy atom. The number of H-pyrrole nitrogens is 2. The van der Waals surface area contributed by atoms with E-state index in [1.165, 1.54) is 6.07 Å². The van der Waals surface area contributed by atoms with Gasteiger partial charge in [0.1, 0.15) is 38.2 Å². The van der Waals surface area contributed by atoms with Crippen molar-refractivity contribution in [3.63, 3.8) is 0 Å². The fourth-order valence-corrected chi connectivity index (χ4v) is 7.91. The Bertz CT molecular complexity index is 3170. The number of nitrogens with one attached hydrogen (secondary N) is 2. The Labute approximate surface area is 318 Å². The van der Waals surface area contributed by atoms with Crippen LogP contribution in [0, 0.1) is 0 Å². The number of aromatic nitrogens is 11. The van der Waals surface area contributed by atoms with E-state index in [9.17, 15) is 8.42 Å². The van der Waals surface area contributed by atoms with Crippen LogP contribution in [0.4, 0.5) is 0 Å². The second-order valence-electron chi connectivity index (χ2n) is 11.9. The van der Waals surface area contributed by atoms with Crippen LogP contribution in [0.5, 0.6) is 0 Å². The predicted octanol–water partition coefficient (Wildman–Crippen LogP) is 6.67. The molecule has 0 spiro atoms. The molecule has 6 heterocycles. The molecule has 0 saturated heterocycles. The molecule has 260 valence electrons. The number of hydrogen-bond donors (Lipinski definition) is 3. The first kappa shape index (κ1) is 33.1. The predicted molar refractivity (Wildman–Crippen MR) is 196 cm³/mol. The molecule has 2 aliphatic heterocycles. The third kappa shape index (κ3) is 5.18. The zero-order valence-electron chi connectivity index (χ0n) is 26.5. The van der Waals surface area contributed by atoms with Gasteiger partial charge in [-0.3, -0.25) is 0 Å². The number of nitrogens with two attached hydrogens (primary N) is 1. The average Bonchev–Trinajstić information content (AvgIpc) is 3.88. The summed E-state index contributed by atoms with van der Waals surface area (Å²) in [5, 5.41) is 19.2. The topological polar surface area (TPSA) is 208 Å². The summed E-state index contributed by atoms with van der Waals surface area (Å²) in [6.07, 6.45) is 0. The molecule has 0 saturated carbocycles. The van der Waals surface area contributed by atoms with Gasteiger partial charge >= 0.3 is 17.1 Å². The third-order valence-electron chi connectivity index (χ3n) is 8.88. The van der Waals surface area contributed by atoms with Gasteiger partial charge in [-0.05, 0) is 11.3 Å². The van der Waals surface area contributed by atoms with Crippen molar-refractivity contribution in [2.24, 2.45) is 5.14 Å². The van der Waals surface area contributed by atoms with Crippen molar-refractivity contribution in [1.82, 2.24) is 55.3 Å². The third-order valence-corrected chi connectivity index (χ3v) is 10.6. The van der Waals surface area contributed by atoms with E-state index in [1.807, 2.05) is 72.8 Å². The average molecular weight is 805 g/mol. The van der Waals surface area contributed by atoms with Crippen molar-refractivity contribution in [2.75, 3.05) is 0 Å². The SMILES string of the molecule is NS(=O)(=O)c1c(-c2nnnc(Cl)c2Cl)ccc2c3nc4nc(nc5[nH]c(nc6nc(nc([nH]3)c12)-c1ccccc1-6)c1ccccc51)-c1ccccc1-4.[Cu+]. The van der Waals surface area contributed by atoms with Gasteiger partial charge in [0.2, 0.25) is 10.0 Å². The zero-order valence-corrected chi connectivity index (χ0v) is 29.7. The summed E-state index contributed by atoms with van der Waals surface area (Å²) in [5.41, 5.74) is 4.32. The van der Waals surface area contributed by atoms with Crippen LogP contribution in [0.2, 0.25) is 10.2 Å². The minimum absolute atomic E-state index is 0. The number of sulfonamides is 1. The number of primary sulfonamides is 1. The Hall–Kier alpha value is -5.74. The number of fused-ring (bicyclic) bond motifs is 20. The van der Waals surface area contributed by atoms with Crippen molar-refractivity contribution in [3.8, 4) is 56.8 Å². The van der Waals surface area contributed by atoms with Crippen LogP contribution in [0.3, 0.4) is 0 Å². The van der Waals surface area contributed by atoms with Crippen LogP contribution >= 0.6 is 23.2 Å². The first-order chi connectivity index (χ1) is 25.2. The van der Waals surface area contributed by atoms with Gasteiger partial charge in [0.15, 0.2) is 28.5 Å². The molecule has 0 amide bonds. The maximum Gasteiger partial charge on any atom is 1.00 e. The molecule has 0 atom stereocenters.